The lowest BCUT2D eigenvalue weighted by molar-refractivity contribution is -0.137. The molecule has 3 heterocycles. The lowest BCUT2D eigenvalue weighted by Gasteiger charge is -2.17. The average molecular weight is 438 g/mol. The summed E-state index contributed by atoms with van der Waals surface area (Å²) in [7, 11) is -4.08. The lowest BCUT2D eigenvalue weighted by atomic mass is 10.1. The first-order chi connectivity index (χ1) is 14.1. The molecule has 0 bridgehead atoms. The number of pyridine rings is 1. The van der Waals surface area contributed by atoms with Crippen LogP contribution in [-0.4, -0.2) is 41.0 Å². The predicted octanol–water partition coefficient (Wildman–Crippen LogP) is 3.64. The summed E-state index contributed by atoms with van der Waals surface area (Å²) in [6, 6.07) is 7.33. The van der Waals surface area contributed by atoms with Gasteiger partial charge in [0.05, 0.1) is 21.9 Å². The Morgan fingerprint density at radius 1 is 1.17 bits per heavy atom. The molecule has 158 valence electrons. The molecule has 11 heteroatoms. The minimum absolute atomic E-state index is 0.0480. The van der Waals surface area contributed by atoms with Crippen molar-refractivity contribution in [3.05, 3.63) is 59.7 Å². The van der Waals surface area contributed by atoms with Crippen LogP contribution in [0, 0.1) is 6.92 Å². The number of hydrogen-bond acceptors (Lipinski definition) is 6. The number of hydrogen-bond donors (Lipinski definition) is 0. The number of alkyl halides is 3. The van der Waals surface area contributed by atoms with E-state index in [0.29, 0.717) is 18.1 Å². The zero-order valence-electron chi connectivity index (χ0n) is 15.8. The number of aryl methyl sites for hydroxylation is 1. The zero-order valence-corrected chi connectivity index (χ0v) is 16.6. The van der Waals surface area contributed by atoms with Crippen LogP contribution < -0.4 is 0 Å². The summed E-state index contributed by atoms with van der Waals surface area (Å²) in [6.07, 6.45) is -2.60. The van der Waals surface area contributed by atoms with Gasteiger partial charge in [-0.05, 0) is 43.7 Å². The molecule has 1 aromatic carbocycles. The molecule has 0 aliphatic carbocycles. The van der Waals surface area contributed by atoms with E-state index >= 15 is 0 Å². The van der Waals surface area contributed by atoms with Gasteiger partial charge in [-0.15, -0.1) is 10.2 Å². The Morgan fingerprint density at radius 2 is 1.97 bits per heavy atom. The fourth-order valence-corrected chi connectivity index (χ4v) is 4.79. The van der Waals surface area contributed by atoms with E-state index in [1.807, 2.05) is 6.92 Å². The van der Waals surface area contributed by atoms with Gasteiger partial charge in [0.15, 0.2) is 0 Å². The third-order valence-corrected chi connectivity index (χ3v) is 6.76. The second-order valence-electron chi connectivity index (χ2n) is 7.01. The highest BCUT2D eigenvalue weighted by molar-refractivity contribution is 7.89. The van der Waals surface area contributed by atoms with Gasteiger partial charge in [-0.2, -0.15) is 17.5 Å². The quantitative estimate of drug-likeness (QED) is 0.618. The highest BCUT2D eigenvalue weighted by atomic mass is 32.2. The SMILES string of the molecule is Cc1ccc(-c2nnc([C@H]3CCN(S(=O)(=O)c4cccc(C(F)(F)F)c4)C3)o2)cn1. The summed E-state index contributed by atoms with van der Waals surface area (Å²) >= 11 is 0. The van der Waals surface area contributed by atoms with Crippen LogP contribution in [0.2, 0.25) is 0 Å². The number of rotatable bonds is 4. The molecule has 1 saturated heterocycles. The van der Waals surface area contributed by atoms with Crippen molar-refractivity contribution >= 4 is 10.0 Å². The Morgan fingerprint density at radius 3 is 2.67 bits per heavy atom. The van der Waals surface area contributed by atoms with E-state index in [1.54, 1.807) is 18.3 Å². The van der Waals surface area contributed by atoms with Crippen LogP contribution in [0.15, 0.2) is 51.9 Å². The number of aromatic nitrogens is 3. The first kappa shape index (κ1) is 20.5. The third-order valence-electron chi connectivity index (χ3n) is 4.90. The molecule has 0 spiro atoms. The molecule has 4 rings (SSSR count). The van der Waals surface area contributed by atoms with Crippen LogP contribution in [0.1, 0.15) is 29.5 Å². The van der Waals surface area contributed by atoms with E-state index in [-0.39, 0.29) is 30.8 Å². The molecule has 1 atom stereocenters. The molecule has 1 aliphatic rings. The van der Waals surface area contributed by atoms with E-state index in [2.05, 4.69) is 15.2 Å². The molecule has 1 aliphatic heterocycles. The van der Waals surface area contributed by atoms with Gasteiger partial charge in [-0.1, -0.05) is 6.07 Å². The minimum atomic E-state index is -4.62. The van der Waals surface area contributed by atoms with Crippen LogP contribution in [0.4, 0.5) is 13.2 Å². The fraction of sp³-hybridized carbons (Fsp3) is 0.316. The van der Waals surface area contributed by atoms with E-state index in [1.165, 1.54) is 0 Å². The number of halogens is 3. The van der Waals surface area contributed by atoms with Crippen LogP contribution >= 0.6 is 0 Å². The van der Waals surface area contributed by atoms with Crippen molar-refractivity contribution in [3.63, 3.8) is 0 Å². The molecular weight excluding hydrogens is 421 g/mol. The molecule has 0 amide bonds. The molecule has 3 aromatic rings. The maximum absolute atomic E-state index is 12.9. The monoisotopic (exact) mass is 438 g/mol. The van der Waals surface area contributed by atoms with Crippen molar-refractivity contribution < 1.29 is 26.0 Å². The lowest BCUT2D eigenvalue weighted by Crippen LogP contribution is -2.29. The molecule has 1 fully saturated rings. The van der Waals surface area contributed by atoms with Crippen molar-refractivity contribution in [1.29, 1.82) is 0 Å². The van der Waals surface area contributed by atoms with Crippen molar-refractivity contribution in [2.45, 2.75) is 30.3 Å². The van der Waals surface area contributed by atoms with E-state index in [4.69, 9.17) is 4.42 Å². The maximum Gasteiger partial charge on any atom is 0.416 e. The normalized spacial score (nSPS) is 18.1. The van der Waals surface area contributed by atoms with Crippen molar-refractivity contribution in [2.24, 2.45) is 0 Å². The standard InChI is InChI=1S/C19H17F3N4O3S/c1-12-5-6-13(10-23-12)17-24-25-18(29-17)14-7-8-26(11-14)30(27,28)16-4-2-3-15(9-16)19(20,21)22/h2-6,9-10,14H,7-8,11H2,1H3/t14-/m0/s1. The van der Waals surface area contributed by atoms with Gasteiger partial charge in [-0.3, -0.25) is 4.98 Å². The van der Waals surface area contributed by atoms with Gasteiger partial charge in [0, 0.05) is 25.0 Å². The smallest absolute Gasteiger partial charge is 0.416 e. The highest BCUT2D eigenvalue weighted by Gasteiger charge is 2.37. The van der Waals surface area contributed by atoms with Crippen LogP contribution in [0.5, 0.6) is 0 Å². The summed E-state index contributed by atoms with van der Waals surface area (Å²) in [5, 5.41) is 8.01. The van der Waals surface area contributed by atoms with Gasteiger partial charge in [-0.25, -0.2) is 8.42 Å². The number of nitrogens with zero attached hydrogens (tertiary/aromatic N) is 4. The van der Waals surface area contributed by atoms with Gasteiger partial charge < -0.3 is 4.42 Å². The van der Waals surface area contributed by atoms with Crippen LogP contribution in [-0.2, 0) is 16.2 Å². The Bertz CT molecular complexity index is 1160. The van der Waals surface area contributed by atoms with Gasteiger partial charge >= 0.3 is 6.18 Å². The Balaban J connectivity index is 1.53. The van der Waals surface area contributed by atoms with Gasteiger partial charge in [0.1, 0.15) is 0 Å². The molecule has 0 radical (unpaired) electrons. The molecule has 30 heavy (non-hydrogen) atoms. The number of benzene rings is 1. The van der Waals surface area contributed by atoms with E-state index in [0.717, 1.165) is 28.2 Å². The van der Waals surface area contributed by atoms with Crippen molar-refractivity contribution in [3.8, 4) is 11.5 Å². The largest absolute Gasteiger partial charge is 0.420 e. The van der Waals surface area contributed by atoms with Crippen molar-refractivity contribution in [2.75, 3.05) is 13.1 Å². The second kappa shape index (κ2) is 7.47. The maximum atomic E-state index is 12.9. The summed E-state index contributed by atoms with van der Waals surface area (Å²) < 4.78 is 71.3. The Kier molecular flexibility index (Phi) is 5.10. The highest BCUT2D eigenvalue weighted by Crippen LogP contribution is 2.34. The van der Waals surface area contributed by atoms with Crippen molar-refractivity contribution in [1.82, 2.24) is 19.5 Å². The van der Waals surface area contributed by atoms with E-state index < -0.39 is 26.7 Å². The predicted molar refractivity (Wildman–Crippen MR) is 99.8 cm³/mol. The topological polar surface area (TPSA) is 89.2 Å². The molecule has 2 aromatic heterocycles. The summed E-state index contributed by atoms with van der Waals surface area (Å²) in [4.78, 5) is 3.78. The summed E-state index contributed by atoms with van der Waals surface area (Å²) in [5.41, 5.74) is 0.475. The molecular formula is C19H17F3N4O3S. The molecule has 0 N–H and O–H groups in total. The minimum Gasteiger partial charge on any atom is -0.420 e. The van der Waals surface area contributed by atoms with Gasteiger partial charge in [0.25, 0.3) is 0 Å². The second-order valence-corrected chi connectivity index (χ2v) is 8.95. The Labute approximate surface area is 170 Å². The summed E-state index contributed by atoms with van der Waals surface area (Å²) in [5.74, 6) is 0.217. The fourth-order valence-electron chi connectivity index (χ4n) is 3.24. The summed E-state index contributed by atoms with van der Waals surface area (Å²) in [6.45, 7) is 2.04. The van der Waals surface area contributed by atoms with Crippen LogP contribution in [0.3, 0.4) is 0 Å². The average Bonchev–Trinajstić information content (AvgIpc) is 3.38. The van der Waals surface area contributed by atoms with Gasteiger partial charge in [0.2, 0.25) is 21.8 Å². The van der Waals surface area contributed by atoms with E-state index in [9.17, 15) is 21.6 Å². The third kappa shape index (κ3) is 3.94. The molecule has 0 saturated carbocycles. The Hall–Kier alpha value is -2.79. The molecule has 7 nitrogen and oxygen atoms in total. The van der Waals surface area contributed by atoms with Crippen LogP contribution in [0.25, 0.3) is 11.5 Å². The number of sulfonamides is 1. The first-order valence-corrected chi connectivity index (χ1v) is 10.5. The zero-order chi connectivity index (χ0) is 21.5. The first-order valence-electron chi connectivity index (χ1n) is 9.08. The molecule has 0 unspecified atom stereocenters.